The molecule has 4 heteroatoms. The number of nitriles is 2. The fraction of sp³-hybridized carbons (Fsp3) is 0. The summed E-state index contributed by atoms with van der Waals surface area (Å²) in [5, 5.41) is 28.2. The molecule has 0 aliphatic rings. The molecule has 2 heterocycles. The summed E-state index contributed by atoms with van der Waals surface area (Å²) in [6, 6.07) is 33.5. The van der Waals surface area contributed by atoms with Crippen LogP contribution in [0.5, 0.6) is 0 Å². The minimum Gasteiger partial charge on any atom is -0.192 e. The van der Waals surface area contributed by atoms with Crippen LogP contribution >= 0.6 is 22.7 Å². The van der Waals surface area contributed by atoms with Crippen LogP contribution in [0.25, 0.3) is 53.6 Å². The maximum Gasteiger partial charge on any atom is 0.0998 e. The largest absolute Gasteiger partial charge is 0.192 e. The number of hydrogen-bond acceptors (Lipinski definition) is 4. The van der Waals surface area contributed by atoms with Gasteiger partial charge in [-0.25, -0.2) is 0 Å². The molecule has 6 rings (SSSR count). The molecule has 2 nitrogen and oxygen atoms in total. The standard InChI is InChI=1S/C30H16N2S2/c31-17-23-7-5-19-15-21(27-3-1-13-33-27)9-11-25(19)29(23)30-24(18-32)8-6-20-16-22(10-12-26(20)30)28-4-2-14-34-28/h1-16H. The predicted molar refractivity (Wildman–Crippen MR) is 143 cm³/mol. The minimum absolute atomic E-state index is 0.572. The average molecular weight is 469 g/mol. The number of nitrogens with zero attached hydrogens (tertiary/aromatic N) is 2. The smallest absolute Gasteiger partial charge is 0.0998 e. The maximum absolute atomic E-state index is 10.0. The molecule has 0 atom stereocenters. The summed E-state index contributed by atoms with van der Waals surface area (Å²) in [5.41, 5.74) is 5.09. The molecule has 0 saturated carbocycles. The lowest BCUT2D eigenvalue weighted by Crippen LogP contribution is -1.93. The Balaban J connectivity index is 1.65. The molecule has 0 aliphatic carbocycles. The molecule has 0 spiro atoms. The second-order valence-corrected chi connectivity index (χ2v) is 9.92. The quantitative estimate of drug-likeness (QED) is 0.260. The van der Waals surface area contributed by atoms with Crippen LogP contribution in [0.2, 0.25) is 0 Å². The number of rotatable bonds is 3. The summed E-state index contributed by atoms with van der Waals surface area (Å²) in [7, 11) is 0. The summed E-state index contributed by atoms with van der Waals surface area (Å²) >= 11 is 3.41. The highest BCUT2D eigenvalue weighted by Crippen LogP contribution is 2.41. The van der Waals surface area contributed by atoms with Crippen molar-refractivity contribution < 1.29 is 0 Å². The van der Waals surface area contributed by atoms with Gasteiger partial charge in [0.1, 0.15) is 0 Å². The Bertz CT molecular complexity index is 1630. The van der Waals surface area contributed by atoms with E-state index < -0.39 is 0 Å². The highest BCUT2D eigenvalue weighted by molar-refractivity contribution is 7.13. The van der Waals surface area contributed by atoms with Crippen molar-refractivity contribution in [2.45, 2.75) is 0 Å². The lowest BCUT2D eigenvalue weighted by molar-refractivity contribution is 1.47. The van der Waals surface area contributed by atoms with Gasteiger partial charge in [-0.1, -0.05) is 48.5 Å². The third-order valence-electron chi connectivity index (χ3n) is 6.14. The molecule has 0 aliphatic heterocycles. The topological polar surface area (TPSA) is 47.6 Å². The van der Waals surface area contributed by atoms with E-state index in [0.29, 0.717) is 11.1 Å². The van der Waals surface area contributed by atoms with E-state index in [4.69, 9.17) is 0 Å². The highest BCUT2D eigenvalue weighted by Gasteiger charge is 2.18. The molecule has 0 unspecified atom stereocenters. The normalized spacial score (nSPS) is 10.9. The number of hydrogen-bond donors (Lipinski definition) is 0. The van der Waals surface area contributed by atoms with Gasteiger partial charge < -0.3 is 0 Å². The van der Waals surface area contributed by atoms with Crippen molar-refractivity contribution in [3.05, 3.63) is 107 Å². The van der Waals surface area contributed by atoms with Crippen LogP contribution in [-0.4, -0.2) is 0 Å². The Morgan fingerprint density at radius 2 is 1.00 bits per heavy atom. The van der Waals surface area contributed by atoms with Crippen molar-refractivity contribution in [2.24, 2.45) is 0 Å². The molecule has 34 heavy (non-hydrogen) atoms. The molecule has 4 aromatic carbocycles. The van der Waals surface area contributed by atoms with Crippen molar-refractivity contribution in [3.63, 3.8) is 0 Å². The first kappa shape index (κ1) is 20.4. The Kier molecular flexibility index (Phi) is 4.97. The summed E-state index contributed by atoms with van der Waals surface area (Å²) in [5.74, 6) is 0. The van der Waals surface area contributed by atoms with Crippen molar-refractivity contribution in [2.75, 3.05) is 0 Å². The van der Waals surface area contributed by atoms with Crippen molar-refractivity contribution >= 4 is 44.2 Å². The fourth-order valence-electron chi connectivity index (χ4n) is 4.58. The summed E-state index contributed by atoms with van der Waals surface area (Å²) in [6.45, 7) is 0. The van der Waals surface area contributed by atoms with E-state index >= 15 is 0 Å². The van der Waals surface area contributed by atoms with E-state index in [9.17, 15) is 10.5 Å². The minimum atomic E-state index is 0.572. The van der Waals surface area contributed by atoms with Gasteiger partial charge in [0, 0.05) is 20.9 Å². The lowest BCUT2D eigenvalue weighted by atomic mass is 9.87. The van der Waals surface area contributed by atoms with Crippen molar-refractivity contribution in [1.82, 2.24) is 0 Å². The van der Waals surface area contributed by atoms with Gasteiger partial charge in [-0.15, -0.1) is 22.7 Å². The molecule has 0 radical (unpaired) electrons. The van der Waals surface area contributed by atoms with Gasteiger partial charge in [0.2, 0.25) is 0 Å². The predicted octanol–water partition coefficient (Wildman–Crippen LogP) is 8.86. The van der Waals surface area contributed by atoms with E-state index in [1.807, 2.05) is 36.4 Å². The molecular formula is C30H16N2S2. The Labute approximate surface area is 205 Å². The average Bonchev–Trinajstić information content (AvgIpc) is 3.62. The van der Waals surface area contributed by atoms with Gasteiger partial charge in [0.25, 0.3) is 0 Å². The zero-order valence-corrected chi connectivity index (χ0v) is 19.6. The first-order chi connectivity index (χ1) is 16.8. The van der Waals surface area contributed by atoms with Crippen LogP contribution in [0.3, 0.4) is 0 Å². The SMILES string of the molecule is N#Cc1ccc2cc(-c3cccs3)ccc2c1-c1c(C#N)ccc2cc(-c3cccs3)ccc12. The molecule has 0 amide bonds. The molecule has 6 aromatic rings. The van der Waals surface area contributed by atoms with Crippen LogP contribution in [0.1, 0.15) is 11.1 Å². The fourth-order valence-corrected chi connectivity index (χ4v) is 6.02. The Morgan fingerprint density at radius 1 is 0.529 bits per heavy atom. The van der Waals surface area contributed by atoms with Crippen molar-refractivity contribution in [1.29, 1.82) is 10.5 Å². The van der Waals surface area contributed by atoms with E-state index in [1.165, 1.54) is 9.75 Å². The van der Waals surface area contributed by atoms with Crippen LogP contribution in [0, 0.1) is 22.7 Å². The lowest BCUT2D eigenvalue weighted by Gasteiger charge is -2.15. The molecule has 0 N–H and O–H groups in total. The molecular weight excluding hydrogens is 452 g/mol. The van der Waals surface area contributed by atoms with Crippen molar-refractivity contribution in [3.8, 4) is 44.1 Å². The summed E-state index contributed by atoms with van der Waals surface area (Å²) in [6.07, 6.45) is 0. The third-order valence-corrected chi connectivity index (χ3v) is 7.98. The molecule has 0 fully saturated rings. The van der Waals surface area contributed by atoms with Gasteiger partial charge in [-0.2, -0.15) is 10.5 Å². The van der Waals surface area contributed by atoms with Crippen LogP contribution in [-0.2, 0) is 0 Å². The van der Waals surface area contributed by atoms with Crippen LogP contribution in [0.4, 0.5) is 0 Å². The number of thiophene rings is 2. The first-order valence-electron chi connectivity index (χ1n) is 10.8. The van der Waals surface area contributed by atoms with Crippen LogP contribution < -0.4 is 0 Å². The second kappa shape index (κ2) is 8.28. The van der Waals surface area contributed by atoms with Gasteiger partial charge in [0.05, 0.1) is 23.3 Å². The molecule has 0 saturated heterocycles. The second-order valence-electron chi connectivity index (χ2n) is 8.03. The zero-order chi connectivity index (χ0) is 23.1. The van der Waals surface area contributed by atoms with Gasteiger partial charge in [0.15, 0.2) is 0 Å². The molecule has 158 valence electrons. The van der Waals surface area contributed by atoms with E-state index in [0.717, 1.165) is 43.8 Å². The van der Waals surface area contributed by atoms with E-state index in [1.54, 1.807) is 22.7 Å². The van der Waals surface area contributed by atoms with E-state index in [-0.39, 0.29) is 0 Å². The molecule has 0 bridgehead atoms. The first-order valence-corrected chi connectivity index (χ1v) is 12.5. The van der Waals surface area contributed by atoms with Gasteiger partial charge >= 0.3 is 0 Å². The maximum atomic E-state index is 10.0. The summed E-state index contributed by atoms with van der Waals surface area (Å²) in [4.78, 5) is 2.41. The Hall–Kier alpha value is -4.22. The monoisotopic (exact) mass is 468 g/mol. The molecule has 2 aromatic heterocycles. The van der Waals surface area contributed by atoms with Gasteiger partial charge in [-0.05, 0) is 79.8 Å². The van der Waals surface area contributed by atoms with E-state index in [2.05, 4.69) is 71.4 Å². The third kappa shape index (κ3) is 3.29. The number of benzene rings is 4. The number of fused-ring (bicyclic) bond motifs is 2. The Morgan fingerprint density at radius 3 is 1.38 bits per heavy atom. The van der Waals surface area contributed by atoms with Crippen LogP contribution in [0.15, 0.2) is 95.7 Å². The van der Waals surface area contributed by atoms with Gasteiger partial charge in [-0.3, -0.25) is 0 Å². The highest BCUT2D eigenvalue weighted by atomic mass is 32.1. The summed E-state index contributed by atoms with van der Waals surface area (Å²) < 4.78 is 0. The zero-order valence-electron chi connectivity index (χ0n) is 17.9.